The van der Waals surface area contributed by atoms with E-state index in [1.54, 1.807) is 0 Å². The van der Waals surface area contributed by atoms with Crippen molar-refractivity contribution >= 4 is 0 Å². The lowest BCUT2D eigenvalue weighted by Gasteiger charge is -2.35. The summed E-state index contributed by atoms with van der Waals surface area (Å²) in [6, 6.07) is 1.23. The van der Waals surface area contributed by atoms with Crippen molar-refractivity contribution in [3.05, 3.63) is 0 Å². The number of rotatable bonds is 1. The zero-order chi connectivity index (χ0) is 12.4. The minimum atomic E-state index is -0.0690. The summed E-state index contributed by atoms with van der Waals surface area (Å²) in [6.07, 6.45) is 10.1. The molecule has 0 bridgehead atoms. The van der Waals surface area contributed by atoms with Crippen molar-refractivity contribution in [3.8, 4) is 0 Å². The number of hydrogen-bond acceptors (Lipinski definition) is 3. The lowest BCUT2D eigenvalue weighted by Crippen LogP contribution is -2.47. The van der Waals surface area contributed by atoms with Gasteiger partial charge in [-0.1, -0.05) is 19.3 Å². The molecule has 104 valence electrons. The third-order valence-corrected chi connectivity index (χ3v) is 5.25. The lowest BCUT2D eigenvalue weighted by atomic mass is 10.0. The van der Waals surface area contributed by atoms with Crippen LogP contribution in [0.25, 0.3) is 0 Å². The van der Waals surface area contributed by atoms with Crippen LogP contribution in [0.4, 0.5) is 0 Å². The molecular weight excluding hydrogens is 224 g/mol. The van der Waals surface area contributed by atoms with E-state index in [1.807, 2.05) is 0 Å². The van der Waals surface area contributed by atoms with Crippen molar-refractivity contribution in [1.29, 1.82) is 0 Å². The summed E-state index contributed by atoms with van der Waals surface area (Å²) in [6.45, 7) is 5.01. The first-order valence-electron chi connectivity index (χ1n) is 8.01. The average Bonchev–Trinajstić information content (AvgIpc) is 2.59. The molecule has 3 nitrogen and oxygen atoms in total. The molecule has 3 atom stereocenters. The number of hydrogen-bond donors (Lipinski definition) is 1. The first-order valence-corrected chi connectivity index (χ1v) is 8.01. The Kier molecular flexibility index (Phi) is 4.22. The Labute approximate surface area is 111 Å². The molecule has 3 fully saturated rings. The number of aliphatic hydroxyl groups is 1. The van der Waals surface area contributed by atoms with E-state index < -0.39 is 0 Å². The van der Waals surface area contributed by atoms with Gasteiger partial charge in [-0.15, -0.1) is 0 Å². The molecule has 3 aliphatic rings. The van der Waals surface area contributed by atoms with Gasteiger partial charge in [0.2, 0.25) is 0 Å². The van der Waals surface area contributed by atoms with E-state index in [-0.39, 0.29) is 6.10 Å². The predicted molar refractivity (Wildman–Crippen MR) is 73.7 cm³/mol. The van der Waals surface area contributed by atoms with Gasteiger partial charge in [0.1, 0.15) is 0 Å². The standard InChI is InChI=1S/C15H28N2O/c18-15-8-3-1-2-7-14(15)17-11-5-10-16-9-4-6-13(16)12-17/h13-15,18H,1-12H2. The fourth-order valence-corrected chi connectivity index (χ4v) is 4.23. The van der Waals surface area contributed by atoms with Crippen molar-refractivity contribution in [2.24, 2.45) is 0 Å². The van der Waals surface area contributed by atoms with E-state index in [0.717, 1.165) is 12.5 Å². The Bertz CT molecular complexity index is 271. The van der Waals surface area contributed by atoms with Crippen molar-refractivity contribution in [2.45, 2.75) is 69.6 Å². The first kappa shape index (κ1) is 12.9. The molecule has 1 aliphatic carbocycles. The second-order valence-electron chi connectivity index (χ2n) is 6.45. The van der Waals surface area contributed by atoms with E-state index in [4.69, 9.17) is 0 Å². The van der Waals surface area contributed by atoms with Crippen molar-refractivity contribution in [1.82, 2.24) is 9.80 Å². The second-order valence-corrected chi connectivity index (χ2v) is 6.45. The molecule has 3 heteroatoms. The van der Waals surface area contributed by atoms with Gasteiger partial charge in [0.25, 0.3) is 0 Å². The average molecular weight is 252 g/mol. The molecular formula is C15H28N2O. The Morgan fingerprint density at radius 1 is 0.722 bits per heavy atom. The zero-order valence-electron chi connectivity index (χ0n) is 11.6. The number of nitrogens with zero attached hydrogens (tertiary/aromatic N) is 2. The SMILES string of the molecule is OC1CCCCCC1N1CCCN2CCCC2C1. The van der Waals surface area contributed by atoms with Gasteiger partial charge < -0.3 is 5.11 Å². The highest BCUT2D eigenvalue weighted by molar-refractivity contribution is 4.90. The van der Waals surface area contributed by atoms with Gasteiger partial charge in [0, 0.05) is 18.6 Å². The van der Waals surface area contributed by atoms with Crippen LogP contribution in [0.5, 0.6) is 0 Å². The maximum atomic E-state index is 10.4. The molecule has 0 amide bonds. The fraction of sp³-hybridized carbons (Fsp3) is 1.00. The van der Waals surface area contributed by atoms with Gasteiger partial charge in [-0.3, -0.25) is 9.80 Å². The van der Waals surface area contributed by atoms with Crippen LogP contribution in [-0.4, -0.2) is 59.3 Å². The third-order valence-electron chi connectivity index (χ3n) is 5.25. The molecule has 18 heavy (non-hydrogen) atoms. The molecule has 0 radical (unpaired) electrons. The van der Waals surface area contributed by atoms with Crippen LogP contribution >= 0.6 is 0 Å². The quantitative estimate of drug-likeness (QED) is 0.722. The molecule has 2 saturated heterocycles. The highest BCUT2D eigenvalue weighted by Crippen LogP contribution is 2.27. The summed E-state index contributed by atoms with van der Waals surface area (Å²) in [5, 5.41) is 10.4. The molecule has 0 spiro atoms. The van der Waals surface area contributed by atoms with Gasteiger partial charge in [0.05, 0.1) is 6.10 Å². The molecule has 0 aromatic rings. The summed E-state index contributed by atoms with van der Waals surface area (Å²) in [4.78, 5) is 5.31. The number of aliphatic hydroxyl groups excluding tert-OH is 1. The summed E-state index contributed by atoms with van der Waals surface area (Å²) in [7, 11) is 0. The Hall–Kier alpha value is -0.120. The molecule has 0 aromatic heterocycles. The maximum Gasteiger partial charge on any atom is 0.0695 e. The molecule has 2 aliphatic heterocycles. The van der Waals surface area contributed by atoms with Crippen LogP contribution in [0.15, 0.2) is 0 Å². The van der Waals surface area contributed by atoms with E-state index in [9.17, 15) is 5.11 Å². The third kappa shape index (κ3) is 2.73. The highest BCUT2D eigenvalue weighted by Gasteiger charge is 2.34. The second kappa shape index (κ2) is 5.89. The summed E-state index contributed by atoms with van der Waals surface area (Å²) < 4.78 is 0. The van der Waals surface area contributed by atoms with Gasteiger partial charge in [-0.25, -0.2) is 0 Å². The first-order chi connectivity index (χ1) is 8.84. The van der Waals surface area contributed by atoms with E-state index in [0.29, 0.717) is 6.04 Å². The Morgan fingerprint density at radius 3 is 2.44 bits per heavy atom. The fourth-order valence-electron chi connectivity index (χ4n) is 4.23. The predicted octanol–water partition coefficient (Wildman–Crippen LogP) is 1.85. The normalized spacial score (nSPS) is 40.2. The largest absolute Gasteiger partial charge is 0.391 e. The Morgan fingerprint density at radius 2 is 1.50 bits per heavy atom. The monoisotopic (exact) mass is 252 g/mol. The molecule has 1 N–H and O–H groups in total. The molecule has 0 aromatic carbocycles. The van der Waals surface area contributed by atoms with Crippen molar-refractivity contribution in [3.63, 3.8) is 0 Å². The summed E-state index contributed by atoms with van der Waals surface area (Å²) in [5.74, 6) is 0. The van der Waals surface area contributed by atoms with Crippen LogP contribution < -0.4 is 0 Å². The van der Waals surface area contributed by atoms with Crippen LogP contribution in [0.1, 0.15) is 51.4 Å². The van der Waals surface area contributed by atoms with Crippen LogP contribution in [0, 0.1) is 0 Å². The van der Waals surface area contributed by atoms with Gasteiger partial charge in [-0.05, 0) is 51.7 Å². The smallest absolute Gasteiger partial charge is 0.0695 e. The zero-order valence-corrected chi connectivity index (χ0v) is 11.6. The van der Waals surface area contributed by atoms with Gasteiger partial charge in [0.15, 0.2) is 0 Å². The van der Waals surface area contributed by atoms with Crippen molar-refractivity contribution in [2.75, 3.05) is 26.2 Å². The topological polar surface area (TPSA) is 26.7 Å². The maximum absolute atomic E-state index is 10.4. The van der Waals surface area contributed by atoms with E-state index in [2.05, 4.69) is 9.80 Å². The number of fused-ring (bicyclic) bond motifs is 1. The molecule has 2 heterocycles. The van der Waals surface area contributed by atoms with Gasteiger partial charge >= 0.3 is 0 Å². The van der Waals surface area contributed by atoms with E-state index >= 15 is 0 Å². The Balaban J connectivity index is 1.66. The summed E-state index contributed by atoms with van der Waals surface area (Å²) in [5.41, 5.74) is 0. The molecule has 3 unspecified atom stereocenters. The van der Waals surface area contributed by atoms with Crippen LogP contribution in [0.3, 0.4) is 0 Å². The summed E-state index contributed by atoms with van der Waals surface area (Å²) >= 11 is 0. The van der Waals surface area contributed by atoms with Crippen LogP contribution in [-0.2, 0) is 0 Å². The minimum absolute atomic E-state index is 0.0690. The molecule has 3 rings (SSSR count). The highest BCUT2D eigenvalue weighted by atomic mass is 16.3. The lowest BCUT2D eigenvalue weighted by molar-refractivity contribution is 0.0405. The minimum Gasteiger partial charge on any atom is -0.391 e. The van der Waals surface area contributed by atoms with Crippen LogP contribution in [0.2, 0.25) is 0 Å². The van der Waals surface area contributed by atoms with Crippen molar-refractivity contribution < 1.29 is 5.11 Å². The molecule has 1 saturated carbocycles. The van der Waals surface area contributed by atoms with Gasteiger partial charge in [-0.2, -0.15) is 0 Å². The van der Waals surface area contributed by atoms with E-state index in [1.165, 1.54) is 71.1 Å².